The summed E-state index contributed by atoms with van der Waals surface area (Å²) in [6.07, 6.45) is 0. The highest BCUT2D eigenvalue weighted by Gasteiger charge is 2.17. The minimum atomic E-state index is 0.0495. The number of para-hydroxylation sites is 1. The third-order valence-corrected chi connectivity index (χ3v) is 4.09. The van der Waals surface area contributed by atoms with Crippen LogP contribution in [-0.4, -0.2) is 40.8 Å². The van der Waals surface area contributed by atoms with Crippen LogP contribution in [0.25, 0.3) is 10.9 Å². The molecule has 0 spiro atoms. The van der Waals surface area contributed by atoms with Crippen LogP contribution in [0.15, 0.2) is 24.3 Å². The summed E-state index contributed by atoms with van der Waals surface area (Å²) in [5, 5.41) is 14.2. The molecule has 2 aromatic rings. The second kappa shape index (κ2) is 5.33. The van der Waals surface area contributed by atoms with Gasteiger partial charge in [0.2, 0.25) is 0 Å². The Morgan fingerprint density at radius 3 is 2.68 bits per heavy atom. The van der Waals surface area contributed by atoms with Crippen LogP contribution in [0.4, 0.5) is 0 Å². The number of rotatable bonds is 3. The molecule has 0 bridgehead atoms. The average molecular weight is 259 g/mol. The van der Waals surface area contributed by atoms with Crippen molar-refractivity contribution in [3.05, 3.63) is 35.5 Å². The van der Waals surface area contributed by atoms with Crippen LogP contribution in [0.3, 0.4) is 0 Å². The molecule has 0 atom stereocenters. The monoisotopic (exact) mass is 259 g/mol. The molecule has 1 fully saturated rings. The van der Waals surface area contributed by atoms with Crippen molar-refractivity contribution in [1.82, 2.24) is 14.8 Å². The van der Waals surface area contributed by atoms with Gasteiger partial charge in [-0.25, -0.2) is 0 Å². The summed E-state index contributed by atoms with van der Waals surface area (Å²) in [6, 6.07) is 8.35. The Bertz CT molecular complexity index is 570. The van der Waals surface area contributed by atoms with Gasteiger partial charge in [0.25, 0.3) is 0 Å². The van der Waals surface area contributed by atoms with Crippen LogP contribution in [0, 0.1) is 6.92 Å². The van der Waals surface area contributed by atoms with Gasteiger partial charge in [-0.3, -0.25) is 4.90 Å². The smallest absolute Gasteiger partial charge is 0.119 e. The highest BCUT2D eigenvalue weighted by molar-refractivity contribution is 5.85. The van der Waals surface area contributed by atoms with Crippen LogP contribution >= 0.6 is 0 Å². The summed E-state index contributed by atoms with van der Waals surface area (Å²) >= 11 is 0. The number of piperazine rings is 1. The molecule has 1 aromatic heterocycles. The van der Waals surface area contributed by atoms with Crippen molar-refractivity contribution in [1.29, 1.82) is 0 Å². The van der Waals surface area contributed by atoms with E-state index >= 15 is 0 Å². The summed E-state index contributed by atoms with van der Waals surface area (Å²) in [4.78, 5) is 2.48. The fourth-order valence-corrected chi connectivity index (χ4v) is 2.98. The van der Waals surface area contributed by atoms with Crippen molar-refractivity contribution < 1.29 is 5.11 Å². The molecule has 4 heteroatoms. The van der Waals surface area contributed by atoms with E-state index in [2.05, 4.69) is 35.3 Å². The molecular weight excluding hydrogens is 238 g/mol. The lowest BCUT2D eigenvalue weighted by molar-refractivity contribution is 0.210. The highest BCUT2D eigenvalue weighted by Crippen LogP contribution is 2.26. The molecule has 2 heterocycles. The van der Waals surface area contributed by atoms with Crippen molar-refractivity contribution in [2.45, 2.75) is 20.2 Å². The first-order valence-corrected chi connectivity index (χ1v) is 6.92. The Morgan fingerprint density at radius 1 is 1.21 bits per heavy atom. The number of hydrogen-bond acceptors (Lipinski definition) is 3. The fourth-order valence-electron chi connectivity index (χ4n) is 2.98. The Morgan fingerprint density at radius 2 is 1.95 bits per heavy atom. The molecule has 0 aliphatic carbocycles. The summed E-state index contributed by atoms with van der Waals surface area (Å²) in [5.74, 6) is 0. The van der Waals surface area contributed by atoms with E-state index < -0.39 is 0 Å². The van der Waals surface area contributed by atoms with E-state index in [0.29, 0.717) is 0 Å². The molecule has 4 nitrogen and oxygen atoms in total. The van der Waals surface area contributed by atoms with Crippen LogP contribution in [0.1, 0.15) is 11.3 Å². The number of nitrogens with one attached hydrogen (secondary N) is 1. The number of nitrogens with zero attached hydrogens (tertiary/aromatic N) is 2. The summed E-state index contributed by atoms with van der Waals surface area (Å²) < 4.78 is 1.99. The zero-order chi connectivity index (χ0) is 13.2. The molecule has 19 heavy (non-hydrogen) atoms. The van der Waals surface area contributed by atoms with Crippen LogP contribution in [-0.2, 0) is 13.3 Å². The van der Waals surface area contributed by atoms with E-state index in [9.17, 15) is 5.11 Å². The van der Waals surface area contributed by atoms with Gasteiger partial charge >= 0.3 is 0 Å². The minimum absolute atomic E-state index is 0.0495. The maximum atomic E-state index is 9.58. The molecule has 0 amide bonds. The fraction of sp³-hybridized carbons (Fsp3) is 0.467. The predicted molar refractivity (Wildman–Crippen MR) is 77.0 cm³/mol. The second-order valence-corrected chi connectivity index (χ2v) is 5.18. The van der Waals surface area contributed by atoms with Gasteiger partial charge in [0, 0.05) is 43.8 Å². The molecule has 2 N–H and O–H groups in total. The zero-order valence-corrected chi connectivity index (χ0v) is 11.4. The zero-order valence-electron chi connectivity index (χ0n) is 11.4. The summed E-state index contributed by atoms with van der Waals surface area (Å²) in [6.45, 7) is 7.45. The van der Waals surface area contributed by atoms with Gasteiger partial charge in [-0.2, -0.15) is 0 Å². The lowest BCUT2D eigenvalue weighted by atomic mass is 10.1. The van der Waals surface area contributed by atoms with E-state index in [-0.39, 0.29) is 6.73 Å². The highest BCUT2D eigenvalue weighted by atomic mass is 16.3. The van der Waals surface area contributed by atoms with Gasteiger partial charge in [0.1, 0.15) is 6.73 Å². The van der Waals surface area contributed by atoms with Gasteiger partial charge < -0.3 is 15.0 Å². The van der Waals surface area contributed by atoms with Gasteiger partial charge in [0.05, 0.1) is 5.52 Å². The van der Waals surface area contributed by atoms with Gasteiger partial charge in [-0.1, -0.05) is 18.2 Å². The first-order chi connectivity index (χ1) is 9.31. The maximum Gasteiger partial charge on any atom is 0.119 e. The second-order valence-electron chi connectivity index (χ2n) is 5.18. The number of aliphatic hydroxyl groups is 1. The van der Waals surface area contributed by atoms with Gasteiger partial charge in [-0.05, 0) is 18.6 Å². The van der Waals surface area contributed by atoms with E-state index in [4.69, 9.17) is 0 Å². The van der Waals surface area contributed by atoms with Crippen molar-refractivity contribution in [2.75, 3.05) is 26.2 Å². The topological polar surface area (TPSA) is 40.4 Å². The van der Waals surface area contributed by atoms with Crippen LogP contribution in [0.2, 0.25) is 0 Å². The number of fused-ring (bicyclic) bond motifs is 1. The molecule has 1 aliphatic heterocycles. The summed E-state index contributed by atoms with van der Waals surface area (Å²) in [7, 11) is 0. The molecule has 1 aromatic carbocycles. The quantitative estimate of drug-likeness (QED) is 0.873. The molecular formula is C15H21N3O. The average Bonchev–Trinajstić information content (AvgIpc) is 2.73. The first kappa shape index (κ1) is 12.7. The van der Waals surface area contributed by atoms with Crippen molar-refractivity contribution in [3.8, 4) is 0 Å². The molecule has 0 unspecified atom stereocenters. The lowest BCUT2D eigenvalue weighted by Crippen LogP contribution is -2.42. The SMILES string of the molecule is Cc1c(CN2CCNCC2)c2ccccc2n1CO. The standard InChI is InChI=1S/C15H21N3O/c1-12-14(10-17-8-6-16-7-9-17)13-4-2-3-5-15(13)18(12)11-19/h2-5,16,19H,6-11H2,1H3. The number of hydrogen-bond donors (Lipinski definition) is 2. The Kier molecular flexibility index (Phi) is 3.55. The molecule has 1 aliphatic rings. The summed E-state index contributed by atoms with van der Waals surface area (Å²) in [5.41, 5.74) is 3.67. The van der Waals surface area contributed by atoms with Crippen LogP contribution in [0.5, 0.6) is 0 Å². The first-order valence-electron chi connectivity index (χ1n) is 6.92. The Hall–Kier alpha value is -1.36. The third-order valence-electron chi connectivity index (χ3n) is 4.09. The van der Waals surface area contributed by atoms with Gasteiger partial charge in [0.15, 0.2) is 0 Å². The Balaban J connectivity index is 1.99. The molecule has 0 saturated carbocycles. The predicted octanol–water partition coefficient (Wildman–Crippen LogP) is 1.30. The molecule has 102 valence electrons. The normalized spacial score (nSPS) is 17.2. The van der Waals surface area contributed by atoms with Crippen molar-refractivity contribution in [3.63, 3.8) is 0 Å². The van der Waals surface area contributed by atoms with Gasteiger partial charge in [-0.15, -0.1) is 0 Å². The number of aromatic nitrogens is 1. The molecule has 1 saturated heterocycles. The number of aliphatic hydroxyl groups excluding tert-OH is 1. The van der Waals surface area contributed by atoms with Crippen LogP contribution < -0.4 is 5.32 Å². The Labute approximate surface area is 113 Å². The lowest BCUT2D eigenvalue weighted by Gasteiger charge is -2.27. The molecule has 0 radical (unpaired) electrons. The van der Waals surface area contributed by atoms with E-state index in [1.807, 2.05) is 10.6 Å². The third kappa shape index (κ3) is 2.27. The van der Waals surface area contributed by atoms with E-state index in [1.165, 1.54) is 16.6 Å². The minimum Gasteiger partial charge on any atom is -0.376 e. The van der Waals surface area contributed by atoms with E-state index in [0.717, 1.165) is 38.2 Å². The van der Waals surface area contributed by atoms with Crippen molar-refractivity contribution >= 4 is 10.9 Å². The van der Waals surface area contributed by atoms with Crippen molar-refractivity contribution in [2.24, 2.45) is 0 Å². The molecule has 3 rings (SSSR count). The maximum absolute atomic E-state index is 9.58. The van der Waals surface area contributed by atoms with E-state index in [1.54, 1.807) is 0 Å². The number of benzene rings is 1. The largest absolute Gasteiger partial charge is 0.376 e.